The van der Waals surface area contributed by atoms with Gasteiger partial charge >= 0.3 is 6.61 Å². The zero-order chi connectivity index (χ0) is 26.9. The Morgan fingerprint density at radius 3 is 2.54 bits per heavy atom. The normalized spacial score (nSPS) is 14.5. The zero-order valence-corrected chi connectivity index (χ0v) is 20.0. The number of aromatic nitrogens is 1. The fourth-order valence-electron chi connectivity index (χ4n) is 3.28. The van der Waals surface area contributed by atoms with E-state index in [2.05, 4.69) is 9.72 Å². The van der Waals surface area contributed by atoms with E-state index in [1.54, 1.807) is 4.72 Å². The molecule has 0 bridgehead atoms. The van der Waals surface area contributed by atoms with Crippen molar-refractivity contribution >= 4 is 15.9 Å². The molecule has 0 aliphatic heterocycles. The molecule has 1 atom stereocenters. The van der Waals surface area contributed by atoms with E-state index in [1.165, 1.54) is 25.1 Å². The number of ether oxygens (including phenoxy) is 2. The second-order valence-corrected chi connectivity index (χ2v) is 9.98. The standard InChI is InChI=1S/C23H21F4N3O6S/c1-11(28)20-19(21(31)30-37(32,33)18-7-5-14(24)9-15(18)25)29-22(36-20)13-4-6-16(35-23(26)27)17(8-13)34-10-12-2-3-12/h4-9,11-12,23H,2-3,10,28H2,1H3,(H,30,31)/t11-/m0/s1. The van der Waals surface area contributed by atoms with Crippen LogP contribution in [0.5, 0.6) is 11.5 Å². The Morgan fingerprint density at radius 2 is 1.92 bits per heavy atom. The van der Waals surface area contributed by atoms with Gasteiger partial charge in [-0.05, 0) is 56.0 Å². The summed E-state index contributed by atoms with van der Waals surface area (Å²) in [5.41, 5.74) is 5.55. The summed E-state index contributed by atoms with van der Waals surface area (Å²) in [4.78, 5) is 15.9. The summed E-state index contributed by atoms with van der Waals surface area (Å²) < 4.78 is 95.2. The lowest BCUT2D eigenvalue weighted by molar-refractivity contribution is -0.0515. The van der Waals surface area contributed by atoms with E-state index < -0.39 is 50.8 Å². The van der Waals surface area contributed by atoms with Crippen molar-refractivity contribution in [2.45, 2.75) is 37.3 Å². The first kappa shape index (κ1) is 26.4. The monoisotopic (exact) mass is 543 g/mol. The summed E-state index contributed by atoms with van der Waals surface area (Å²) in [6.07, 6.45) is 1.90. The molecule has 0 saturated heterocycles. The number of alkyl halides is 2. The number of hydrogen-bond acceptors (Lipinski definition) is 8. The largest absolute Gasteiger partial charge is 0.489 e. The molecule has 14 heteroatoms. The molecule has 3 N–H and O–H groups in total. The molecule has 0 radical (unpaired) electrons. The number of nitrogens with zero attached hydrogens (tertiary/aromatic N) is 1. The maximum Gasteiger partial charge on any atom is 0.387 e. The summed E-state index contributed by atoms with van der Waals surface area (Å²) in [5, 5.41) is 0. The van der Waals surface area contributed by atoms with Crippen LogP contribution in [0.3, 0.4) is 0 Å². The highest BCUT2D eigenvalue weighted by atomic mass is 32.2. The molecule has 1 aliphatic carbocycles. The molecule has 3 aromatic rings. The molecule has 37 heavy (non-hydrogen) atoms. The second-order valence-electron chi connectivity index (χ2n) is 8.32. The Labute approximate surface area is 208 Å². The lowest BCUT2D eigenvalue weighted by Gasteiger charge is -2.12. The number of rotatable bonds is 10. The second kappa shape index (κ2) is 10.4. The molecular formula is C23H21F4N3O6S. The number of carbonyl (C=O) groups is 1. The van der Waals surface area contributed by atoms with Crippen molar-refractivity contribution in [1.29, 1.82) is 0 Å². The molecule has 1 aromatic heterocycles. The van der Waals surface area contributed by atoms with E-state index in [4.69, 9.17) is 14.9 Å². The Morgan fingerprint density at radius 1 is 1.19 bits per heavy atom. The van der Waals surface area contributed by atoms with Gasteiger partial charge in [0.1, 0.15) is 16.5 Å². The van der Waals surface area contributed by atoms with Crippen LogP contribution in [0.15, 0.2) is 45.7 Å². The quantitative estimate of drug-likeness (QED) is 0.365. The highest BCUT2D eigenvalue weighted by molar-refractivity contribution is 7.90. The van der Waals surface area contributed by atoms with Crippen molar-refractivity contribution in [3.05, 3.63) is 59.5 Å². The van der Waals surface area contributed by atoms with Crippen LogP contribution in [0.2, 0.25) is 0 Å². The van der Waals surface area contributed by atoms with E-state index >= 15 is 0 Å². The summed E-state index contributed by atoms with van der Waals surface area (Å²) in [6, 6.07) is 4.65. The number of benzene rings is 2. The molecule has 1 amide bonds. The van der Waals surface area contributed by atoms with E-state index in [1.807, 2.05) is 0 Å². The van der Waals surface area contributed by atoms with Crippen molar-refractivity contribution in [2.24, 2.45) is 11.7 Å². The maximum absolute atomic E-state index is 14.0. The smallest absolute Gasteiger partial charge is 0.387 e. The minimum atomic E-state index is -4.76. The van der Waals surface area contributed by atoms with Gasteiger partial charge in [0.2, 0.25) is 5.89 Å². The highest BCUT2D eigenvalue weighted by Crippen LogP contribution is 2.37. The average molecular weight is 543 g/mol. The van der Waals surface area contributed by atoms with E-state index in [0.29, 0.717) is 24.1 Å². The van der Waals surface area contributed by atoms with Gasteiger partial charge in [0.05, 0.1) is 12.6 Å². The van der Waals surface area contributed by atoms with Crippen LogP contribution in [0.4, 0.5) is 17.6 Å². The molecule has 9 nitrogen and oxygen atoms in total. The van der Waals surface area contributed by atoms with E-state index in [9.17, 15) is 30.8 Å². The summed E-state index contributed by atoms with van der Waals surface area (Å²) in [5.74, 6) is -4.01. The van der Waals surface area contributed by atoms with Gasteiger partial charge in [-0.25, -0.2) is 26.9 Å². The first-order valence-corrected chi connectivity index (χ1v) is 12.4. The third-order valence-corrected chi connectivity index (χ3v) is 6.63. The van der Waals surface area contributed by atoms with Gasteiger partial charge in [-0.3, -0.25) is 4.79 Å². The Bertz CT molecular complexity index is 1420. The lowest BCUT2D eigenvalue weighted by Crippen LogP contribution is -2.32. The van der Waals surface area contributed by atoms with Gasteiger partial charge in [-0.15, -0.1) is 0 Å². The summed E-state index contributed by atoms with van der Waals surface area (Å²) in [6.45, 7) is -1.37. The Kier molecular flexibility index (Phi) is 7.41. The number of carbonyl (C=O) groups excluding carboxylic acids is 1. The van der Waals surface area contributed by atoms with Crippen LogP contribution in [0, 0.1) is 17.6 Å². The van der Waals surface area contributed by atoms with Crippen LogP contribution in [-0.4, -0.2) is 32.5 Å². The third-order valence-electron chi connectivity index (χ3n) is 5.27. The van der Waals surface area contributed by atoms with Gasteiger partial charge in [-0.1, -0.05) is 0 Å². The molecule has 2 aromatic carbocycles. The number of nitrogens with two attached hydrogens (primary N) is 1. The van der Waals surface area contributed by atoms with Crippen molar-refractivity contribution in [2.75, 3.05) is 6.61 Å². The molecular weight excluding hydrogens is 522 g/mol. The summed E-state index contributed by atoms with van der Waals surface area (Å²) >= 11 is 0. The van der Waals surface area contributed by atoms with Gasteiger partial charge in [-0.2, -0.15) is 8.78 Å². The third kappa shape index (κ3) is 6.20. The van der Waals surface area contributed by atoms with Crippen molar-refractivity contribution in [1.82, 2.24) is 9.71 Å². The number of sulfonamides is 1. The Balaban J connectivity index is 1.65. The number of hydrogen-bond donors (Lipinski definition) is 2. The number of nitrogens with one attached hydrogen (secondary N) is 1. The Hall–Kier alpha value is -3.65. The number of halogens is 4. The van der Waals surface area contributed by atoms with Crippen LogP contribution in [0.1, 0.15) is 42.1 Å². The van der Waals surface area contributed by atoms with Crippen LogP contribution in [0.25, 0.3) is 11.5 Å². The van der Waals surface area contributed by atoms with Gasteiger partial charge < -0.3 is 19.6 Å². The SMILES string of the molecule is C[C@H](N)c1oc(-c2ccc(OC(F)F)c(OCC3CC3)c2)nc1C(=O)NS(=O)(=O)c1ccc(F)cc1F. The molecule has 198 valence electrons. The fraction of sp³-hybridized carbons (Fsp3) is 0.304. The molecule has 1 heterocycles. The van der Waals surface area contributed by atoms with Crippen LogP contribution in [-0.2, 0) is 10.0 Å². The maximum atomic E-state index is 14.0. The molecule has 4 rings (SSSR count). The van der Waals surface area contributed by atoms with Crippen LogP contribution < -0.4 is 19.9 Å². The topological polar surface area (TPSA) is 134 Å². The fourth-order valence-corrected chi connectivity index (χ4v) is 4.30. The molecule has 1 aliphatic rings. The van der Waals surface area contributed by atoms with E-state index in [0.717, 1.165) is 12.8 Å². The van der Waals surface area contributed by atoms with Gasteiger partial charge in [0.25, 0.3) is 15.9 Å². The van der Waals surface area contributed by atoms with Crippen LogP contribution >= 0.6 is 0 Å². The number of amides is 1. The van der Waals surface area contributed by atoms with E-state index in [-0.39, 0.29) is 35.3 Å². The predicted molar refractivity (Wildman–Crippen MR) is 120 cm³/mol. The minimum Gasteiger partial charge on any atom is -0.489 e. The highest BCUT2D eigenvalue weighted by Gasteiger charge is 2.29. The molecule has 0 spiro atoms. The lowest BCUT2D eigenvalue weighted by atomic mass is 10.2. The van der Waals surface area contributed by atoms with Crippen molar-refractivity contribution in [3.8, 4) is 23.0 Å². The summed E-state index contributed by atoms with van der Waals surface area (Å²) in [7, 11) is -4.76. The predicted octanol–water partition coefficient (Wildman–Crippen LogP) is 4.15. The molecule has 1 fully saturated rings. The van der Waals surface area contributed by atoms with Gasteiger partial charge in [0, 0.05) is 11.6 Å². The van der Waals surface area contributed by atoms with Crippen molar-refractivity contribution < 1.29 is 44.7 Å². The first-order valence-electron chi connectivity index (χ1n) is 10.9. The molecule has 0 unspecified atom stereocenters. The first-order chi connectivity index (χ1) is 17.4. The average Bonchev–Trinajstić information content (AvgIpc) is 3.52. The number of oxazole rings is 1. The zero-order valence-electron chi connectivity index (χ0n) is 19.2. The minimum absolute atomic E-state index is 0.00869. The molecule has 1 saturated carbocycles. The van der Waals surface area contributed by atoms with Gasteiger partial charge in [0.15, 0.2) is 23.0 Å². The van der Waals surface area contributed by atoms with Crippen molar-refractivity contribution in [3.63, 3.8) is 0 Å².